The van der Waals surface area contributed by atoms with Gasteiger partial charge >= 0.3 is 0 Å². The minimum atomic E-state index is 0.613. The van der Waals surface area contributed by atoms with Crippen molar-refractivity contribution < 1.29 is 4.74 Å². The van der Waals surface area contributed by atoms with Crippen LogP contribution in [0, 0.1) is 5.92 Å². The lowest BCUT2D eigenvalue weighted by Crippen LogP contribution is -2.34. The molecule has 17 heavy (non-hydrogen) atoms. The molecule has 0 saturated heterocycles. The minimum Gasteiger partial charge on any atom is -0.497 e. The zero-order valence-corrected chi connectivity index (χ0v) is 11.5. The van der Waals surface area contributed by atoms with Gasteiger partial charge in [-0.05, 0) is 43.0 Å². The summed E-state index contributed by atoms with van der Waals surface area (Å²) in [6, 6.07) is 8.99. The number of nitrogens with one attached hydrogen (secondary N) is 1. The van der Waals surface area contributed by atoms with Gasteiger partial charge in [0.25, 0.3) is 0 Å². The SMILES string of the molecule is CCNC(CCc1ccc(OC)cc1)C(C)C. The van der Waals surface area contributed by atoms with E-state index in [-0.39, 0.29) is 0 Å². The van der Waals surface area contributed by atoms with Crippen molar-refractivity contribution in [3.05, 3.63) is 29.8 Å². The van der Waals surface area contributed by atoms with Crippen molar-refractivity contribution in [3.63, 3.8) is 0 Å². The second-order valence-corrected chi connectivity index (χ2v) is 4.79. The van der Waals surface area contributed by atoms with E-state index < -0.39 is 0 Å². The molecule has 0 aromatic heterocycles. The molecule has 1 rings (SSSR count). The average molecular weight is 235 g/mol. The summed E-state index contributed by atoms with van der Waals surface area (Å²) in [5.41, 5.74) is 1.38. The molecule has 96 valence electrons. The van der Waals surface area contributed by atoms with Crippen LogP contribution in [0.2, 0.25) is 0 Å². The Labute approximate surface area is 105 Å². The van der Waals surface area contributed by atoms with Gasteiger partial charge in [-0.3, -0.25) is 0 Å². The van der Waals surface area contributed by atoms with E-state index in [9.17, 15) is 0 Å². The first-order chi connectivity index (χ1) is 8.17. The van der Waals surface area contributed by atoms with Crippen LogP contribution in [0.15, 0.2) is 24.3 Å². The quantitative estimate of drug-likeness (QED) is 0.783. The Morgan fingerprint density at radius 1 is 1.18 bits per heavy atom. The Kier molecular flexibility index (Phi) is 6.06. The Balaban J connectivity index is 2.47. The number of aryl methyl sites for hydroxylation is 1. The normalized spacial score (nSPS) is 12.8. The molecule has 1 aromatic rings. The summed E-state index contributed by atoms with van der Waals surface area (Å²) >= 11 is 0. The van der Waals surface area contributed by atoms with Crippen molar-refractivity contribution in [1.82, 2.24) is 5.32 Å². The molecule has 1 atom stereocenters. The monoisotopic (exact) mass is 235 g/mol. The number of rotatable bonds is 7. The fourth-order valence-corrected chi connectivity index (χ4v) is 2.05. The maximum atomic E-state index is 5.16. The van der Waals surface area contributed by atoms with Crippen LogP contribution in [0.25, 0.3) is 0 Å². The average Bonchev–Trinajstić information content (AvgIpc) is 2.34. The topological polar surface area (TPSA) is 21.3 Å². The molecular weight excluding hydrogens is 210 g/mol. The molecule has 0 heterocycles. The molecule has 0 bridgehead atoms. The van der Waals surface area contributed by atoms with Crippen molar-refractivity contribution in [2.45, 2.75) is 39.7 Å². The fourth-order valence-electron chi connectivity index (χ4n) is 2.05. The van der Waals surface area contributed by atoms with Crippen LogP contribution in [-0.2, 0) is 6.42 Å². The van der Waals surface area contributed by atoms with Gasteiger partial charge in [0.05, 0.1) is 7.11 Å². The Morgan fingerprint density at radius 2 is 1.82 bits per heavy atom. The molecule has 1 N–H and O–H groups in total. The van der Waals surface area contributed by atoms with E-state index in [4.69, 9.17) is 4.74 Å². The predicted octanol–water partition coefficient (Wildman–Crippen LogP) is 3.26. The maximum absolute atomic E-state index is 5.16. The van der Waals surface area contributed by atoms with Crippen molar-refractivity contribution in [2.75, 3.05) is 13.7 Å². The molecule has 0 fully saturated rings. The lowest BCUT2D eigenvalue weighted by molar-refractivity contribution is 0.385. The molecule has 1 unspecified atom stereocenters. The fraction of sp³-hybridized carbons (Fsp3) is 0.600. The lowest BCUT2D eigenvalue weighted by atomic mass is 9.96. The van der Waals surface area contributed by atoms with Gasteiger partial charge in [-0.2, -0.15) is 0 Å². The van der Waals surface area contributed by atoms with Gasteiger partial charge in [-0.15, -0.1) is 0 Å². The van der Waals surface area contributed by atoms with Crippen LogP contribution in [0.4, 0.5) is 0 Å². The maximum Gasteiger partial charge on any atom is 0.118 e. The first-order valence-electron chi connectivity index (χ1n) is 6.53. The first kappa shape index (κ1) is 14.0. The van der Waals surface area contributed by atoms with Crippen molar-refractivity contribution >= 4 is 0 Å². The third-order valence-corrected chi connectivity index (χ3v) is 3.17. The Morgan fingerprint density at radius 3 is 2.29 bits per heavy atom. The minimum absolute atomic E-state index is 0.613. The molecule has 0 amide bonds. The molecule has 0 aliphatic heterocycles. The summed E-state index contributed by atoms with van der Waals surface area (Å²) in [5, 5.41) is 3.55. The van der Waals surface area contributed by atoms with E-state index in [1.807, 2.05) is 12.1 Å². The molecule has 2 nitrogen and oxygen atoms in total. The third kappa shape index (κ3) is 4.78. The van der Waals surface area contributed by atoms with E-state index >= 15 is 0 Å². The van der Waals surface area contributed by atoms with Crippen LogP contribution in [0.3, 0.4) is 0 Å². The van der Waals surface area contributed by atoms with Crippen molar-refractivity contribution in [3.8, 4) is 5.75 Å². The Hall–Kier alpha value is -1.02. The Bertz CT molecular complexity index is 305. The summed E-state index contributed by atoms with van der Waals surface area (Å²) in [6.07, 6.45) is 2.32. The molecule has 2 heteroatoms. The van der Waals surface area contributed by atoms with Gasteiger partial charge in [0.2, 0.25) is 0 Å². The van der Waals surface area contributed by atoms with E-state index in [2.05, 4.69) is 38.2 Å². The molecule has 0 aliphatic carbocycles. The van der Waals surface area contributed by atoms with Crippen molar-refractivity contribution in [2.24, 2.45) is 5.92 Å². The van der Waals surface area contributed by atoms with Gasteiger partial charge in [0, 0.05) is 6.04 Å². The van der Waals surface area contributed by atoms with Gasteiger partial charge in [-0.25, -0.2) is 0 Å². The number of hydrogen-bond acceptors (Lipinski definition) is 2. The highest BCUT2D eigenvalue weighted by molar-refractivity contribution is 5.27. The number of methoxy groups -OCH3 is 1. The molecule has 1 aromatic carbocycles. The van der Waals surface area contributed by atoms with Crippen LogP contribution >= 0.6 is 0 Å². The number of ether oxygens (including phenoxy) is 1. The van der Waals surface area contributed by atoms with Crippen LogP contribution in [0.1, 0.15) is 32.8 Å². The second-order valence-electron chi connectivity index (χ2n) is 4.79. The second kappa shape index (κ2) is 7.33. The third-order valence-electron chi connectivity index (χ3n) is 3.17. The van der Waals surface area contributed by atoms with Gasteiger partial charge in [0.1, 0.15) is 5.75 Å². The zero-order chi connectivity index (χ0) is 12.7. The molecule has 0 aliphatic rings. The number of benzene rings is 1. The summed E-state index contributed by atoms with van der Waals surface area (Å²) in [6.45, 7) is 7.77. The predicted molar refractivity (Wildman–Crippen MR) is 73.6 cm³/mol. The van der Waals surface area contributed by atoms with E-state index in [0.717, 1.165) is 18.7 Å². The molecular formula is C15H25NO. The lowest BCUT2D eigenvalue weighted by Gasteiger charge is -2.21. The summed E-state index contributed by atoms with van der Waals surface area (Å²) in [7, 11) is 1.70. The summed E-state index contributed by atoms with van der Waals surface area (Å²) < 4.78 is 5.16. The molecule has 0 spiro atoms. The van der Waals surface area contributed by atoms with Gasteiger partial charge in [0.15, 0.2) is 0 Å². The smallest absolute Gasteiger partial charge is 0.118 e. The summed E-state index contributed by atoms with van der Waals surface area (Å²) in [4.78, 5) is 0. The summed E-state index contributed by atoms with van der Waals surface area (Å²) in [5.74, 6) is 1.62. The van der Waals surface area contributed by atoms with Crippen molar-refractivity contribution in [1.29, 1.82) is 0 Å². The molecule has 0 saturated carbocycles. The van der Waals surface area contributed by atoms with Crippen LogP contribution in [-0.4, -0.2) is 19.7 Å². The first-order valence-corrected chi connectivity index (χ1v) is 6.53. The van der Waals surface area contributed by atoms with Gasteiger partial charge < -0.3 is 10.1 Å². The highest BCUT2D eigenvalue weighted by Crippen LogP contribution is 2.15. The van der Waals surface area contributed by atoms with E-state index in [0.29, 0.717) is 12.0 Å². The van der Waals surface area contributed by atoms with Crippen LogP contribution < -0.4 is 10.1 Å². The van der Waals surface area contributed by atoms with Crippen LogP contribution in [0.5, 0.6) is 5.75 Å². The standard InChI is InChI=1S/C15H25NO/c1-5-16-15(12(2)3)11-8-13-6-9-14(17-4)10-7-13/h6-7,9-10,12,15-16H,5,8,11H2,1-4H3. The largest absolute Gasteiger partial charge is 0.497 e. The highest BCUT2D eigenvalue weighted by Gasteiger charge is 2.11. The zero-order valence-electron chi connectivity index (χ0n) is 11.5. The van der Waals surface area contributed by atoms with E-state index in [1.54, 1.807) is 7.11 Å². The number of hydrogen-bond donors (Lipinski definition) is 1. The van der Waals surface area contributed by atoms with Gasteiger partial charge in [-0.1, -0.05) is 32.9 Å². The molecule has 0 radical (unpaired) electrons. The highest BCUT2D eigenvalue weighted by atomic mass is 16.5. The van der Waals surface area contributed by atoms with E-state index in [1.165, 1.54) is 12.0 Å².